The van der Waals surface area contributed by atoms with Gasteiger partial charge in [-0.1, -0.05) is 56.5 Å². The van der Waals surface area contributed by atoms with Crippen molar-refractivity contribution in [1.29, 1.82) is 0 Å². The minimum atomic E-state index is 0.500. The highest BCUT2D eigenvalue weighted by Crippen LogP contribution is 2.37. The van der Waals surface area contributed by atoms with Crippen LogP contribution in [0.15, 0.2) is 18.2 Å². The van der Waals surface area contributed by atoms with Crippen LogP contribution < -0.4 is 5.32 Å². The Labute approximate surface area is 126 Å². The van der Waals surface area contributed by atoms with Gasteiger partial charge in [-0.15, -0.1) is 0 Å². The van der Waals surface area contributed by atoms with Crippen molar-refractivity contribution >= 4 is 28.9 Å². The second kappa shape index (κ2) is 6.37. The van der Waals surface area contributed by atoms with Crippen molar-refractivity contribution in [2.45, 2.75) is 46.1 Å². The lowest BCUT2D eigenvalue weighted by molar-refractivity contribution is 0.212. The minimum absolute atomic E-state index is 0.500. The van der Waals surface area contributed by atoms with Gasteiger partial charge in [0.1, 0.15) is 0 Å². The molecule has 1 nitrogen and oxygen atoms in total. The summed E-state index contributed by atoms with van der Waals surface area (Å²) in [6.07, 6.45) is 3.85. The second-order valence-corrected chi connectivity index (χ2v) is 6.96. The highest BCUT2D eigenvalue weighted by Gasteiger charge is 2.30. The molecule has 1 aliphatic carbocycles. The Morgan fingerprint density at radius 1 is 1.21 bits per heavy atom. The zero-order chi connectivity index (χ0) is 14.0. The van der Waals surface area contributed by atoms with Crippen LogP contribution in [0.5, 0.6) is 0 Å². The molecule has 0 heterocycles. The molecular formula is C16H23Cl2N. The van der Waals surface area contributed by atoms with Gasteiger partial charge in [-0.05, 0) is 42.7 Å². The van der Waals surface area contributed by atoms with E-state index in [4.69, 9.17) is 23.2 Å². The van der Waals surface area contributed by atoms with E-state index in [2.05, 4.69) is 26.1 Å². The maximum absolute atomic E-state index is 6.28. The number of benzene rings is 1. The number of hydrogen-bond donors (Lipinski definition) is 1. The van der Waals surface area contributed by atoms with Gasteiger partial charge in [0.05, 0.1) is 15.7 Å². The monoisotopic (exact) mass is 299 g/mol. The molecule has 0 amide bonds. The molecule has 1 aromatic rings. The number of rotatable bonds is 3. The average molecular weight is 300 g/mol. The van der Waals surface area contributed by atoms with E-state index in [0.29, 0.717) is 27.9 Å². The third-order valence-electron chi connectivity index (χ3n) is 4.31. The van der Waals surface area contributed by atoms with E-state index in [9.17, 15) is 0 Å². The molecule has 0 radical (unpaired) electrons. The van der Waals surface area contributed by atoms with Gasteiger partial charge in [0.25, 0.3) is 0 Å². The smallest absolute Gasteiger partial charge is 0.0823 e. The van der Waals surface area contributed by atoms with Crippen molar-refractivity contribution in [1.82, 2.24) is 0 Å². The SMILES string of the molecule is CC1CCC(C(C)C)C(Nc2cccc(Cl)c2Cl)C1. The largest absolute Gasteiger partial charge is 0.381 e. The Hall–Kier alpha value is -0.400. The first-order valence-corrected chi connectivity index (χ1v) is 7.95. The van der Waals surface area contributed by atoms with E-state index in [-0.39, 0.29) is 0 Å². The van der Waals surface area contributed by atoms with Gasteiger partial charge in [-0.25, -0.2) is 0 Å². The van der Waals surface area contributed by atoms with Gasteiger partial charge in [0.15, 0.2) is 0 Å². The zero-order valence-corrected chi connectivity index (χ0v) is 13.4. The van der Waals surface area contributed by atoms with Gasteiger partial charge >= 0.3 is 0 Å². The van der Waals surface area contributed by atoms with Gasteiger partial charge in [-0.2, -0.15) is 0 Å². The summed E-state index contributed by atoms with van der Waals surface area (Å²) in [7, 11) is 0. The van der Waals surface area contributed by atoms with E-state index in [1.54, 1.807) is 0 Å². The summed E-state index contributed by atoms with van der Waals surface area (Å²) in [4.78, 5) is 0. The summed E-state index contributed by atoms with van der Waals surface area (Å²) in [5.74, 6) is 2.19. The predicted octanol–water partition coefficient (Wildman–Crippen LogP) is 5.87. The molecule has 3 unspecified atom stereocenters. The molecule has 19 heavy (non-hydrogen) atoms. The quantitative estimate of drug-likeness (QED) is 0.736. The molecule has 1 N–H and O–H groups in total. The average Bonchev–Trinajstić information content (AvgIpc) is 2.35. The van der Waals surface area contributed by atoms with Crippen LogP contribution in [-0.2, 0) is 0 Å². The first-order valence-electron chi connectivity index (χ1n) is 7.19. The Balaban J connectivity index is 2.16. The van der Waals surface area contributed by atoms with Gasteiger partial charge < -0.3 is 5.32 Å². The Bertz CT molecular complexity index is 431. The Morgan fingerprint density at radius 2 is 1.95 bits per heavy atom. The molecule has 1 aliphatic rings. The van der Waals surface area contributed by atoms with Crippen LogP contribution in [0.1, 0.15) is 40.0 Å². The molecule has 0 aliphatic heterocycles. The summed E-state index contributed by atoms with van der Waals surface area (Å²) < 4.78 is 0. The molecule has 1 fully saturated rings. The highest BCUT2D eigenvalue weighted by molar-refractivity contribution is 6.43. The number of hydrogen-bond acceptors (Lipinski definition) is 1. The number of halogens is 2. The lowest BCUT2D eigenvalue weighted by atomic mass is 9.74. The van der Waals surface area contributed by atoms with Crippen molar-refractivity contribution < 1.29 is 0 Å². The molecule has 2 rings (SSSR count). The van der Waals surface area contributed by atoms with Crippen LogP contribution in [0.2, 0.25) is 10.0 Å². The fourth-order valence-corrected chi connectivity index (χ4v) is 3.54. The van der Waals surface area contributed by atoms with Crippen LogP contribution in [0, 0.1) is 17.8 Å². The molecule has 1 saturated carbocycles. The molecule has 0 aromatic heterocycles. The maximum Gasteiger partial charge on any atom is 0.0823 e. The minimum Gasteiger partial charge on any atom is -0.381 e. The molecule has 3 heteroatoms. The molecule has 106 valence electrons. The van der Waals surface area contributed by atoms with E-state index >= 15 is 0 Å². The van der Waals surface area contributed by atoms with Crippen LogP contribution >= 0.6 is 23.2 Å². The molecule has 0 saturated heterocycles. The lowest BCUT2D eigenvalue weighted by Gasteiger charge is -2.38. The van der Waals surface area contributed by atoms with Crippen molar-refractivity contribution in [3.8, 4) is 0 Å². The standard InChI is InChI=1S/C16H23Cl2N/c1-10(2)12-8-7-11(3)9-15(12)19-14-6-4-5-13(17)16(14)18/h4-6,10-12,15,19H,7-9H2,1-3H3. The fourth-order valence-electron chi connectivity index (χ4n) is 3.18. The summed E-state index contributed by atoms with van der Waals surface area (Å²) >= 11 is 12.4. The second-order valence-electron chi connectivity index (χ2n) is 6.18. The molecule has 3 atom stereocenters. The van der Waals surface area contributed by atoms with Crippen LogP contribution in [0.4, 0.5) is 5.69 Å². The summed E-state index contributed by atoms with van der Waals surface area (Å²) in [6.45, 7) is 6.97. The van der Waals surface area contributed by atoms with E-state index < -0.39 is 0 Å². The van der Waals surface area contributed by atoms with Gasteiger partial charge in [-0.3, -0.25) is 0 Å². The van der Waals surface area contributed by atoms with E-state index in [1.807, 2.05) is 18.2 Å². The first kappa shape index (κ1) is 15.0. The number of anilines is 1. The summed E-state index contributed by atoms with van der Waals surface area (Å²) in [5.41, 5.74) is 0.971. The van der Waals surface area contributed by atoms with E-state index in [0.717, 1.165) is 11.6 Å². The van der Waals surface area contributed by atoms with Crippen molar-refractivity contribution in [2.75, 3.05) is 5.32 Å². The topological polar surface area (TPSA) is 12.0 Å². The summed E-state index contributed by atoms with van der Waals surface area (Å²) in [5, 5.41) is 4.90. The lowest BCUT2D eigenvalue weighted by Crippen LogP contribution is -2.37. The van der Waals surface area contributed by atoms with Crippen LogP contribution in [0.25, 0.3) is 0 Å². The molecule has 0 spiro atoms. The first-order chi connectivity index (χ1) is 8.99. The third-order valence-corrected chi connectivity index (χ3v) is 5.13. The third kappa shape index (κ3) is 3.58. The van der Waals surface area contributed by atoms with Crippen LogP contribution in [-0.4, -0.2) is 6.04 Å². The maximum atomic E-state index is 6.28. The predicted molar refractivity (Wildman–Crippen MR) is 85.2 cm³/mol. The number of nitrogens with one attached hydrogen (secondary N) is 1. The van der Waals surface area contributed by atoms with Crippen molar-refractivity contribution in [3.05, 3.63) is 28.2 Å². The van der Waals surface area contributed by atoms with Crippen molar-refractivity contribution in [3.63, 3.8) is 0 Å². The Morgan fingerprint density at radius 3 is 2.63 bits per heavy atom. The normalized spacial score (nSPS) is 27.6. The van der Waals surface area contributed by atoms with E-state index in [1.165, 1.54) is 19.3 Å². The zero-order valence-electron chi connectivity index (χ0n) is 11.9. The summed E-state index contributed by atoms with van der Waals surface area (Å²) in [6, 6.07) is 6.30. The van der Waals surface area contributed by atoms with Crippen LogP contribution in [0.3, 0.4) is 0 Å². The molecule has 1 aromatic carbocycles. The van der Waals surface area contributed by atoms with Crippen molar-refractivity contribution in [2.24, 2.45) is 17.8 Å². The highest BCUT2D eigenvalue weighted by atomic mass is 35.5. The Kier molecular flexibility index (Phi) is 5.03. The van der Waals surface area contributed by atoms with Gasteiger partial charge in [0, 0.05) is 6.04 Å². The molecular weight excluding hydrogens is 277 g/mol. The molecule has 0 bridgehead atoms. The fraction of sp³-hybridized carbons (Fsp3) is 0.625. The van der Waals surface area contributed by atoms with Gasteiger partial charge in [0.2, 0.25) is 0 Å².